The van der Waals surface area contributed by atoms with E-state index in [2.05, 4.69) is 5.32 Å². The van der Waals surface area contributed by atoms with Gasteiger partial charge in [-0.15, -0.1) is 0 Å². The maximum Gasteiger partial charge on any atom is 0.331 e. The molecule has 2 rings (SSSR count). The number of aryl methyl sites for hydroxylation is 1. The van der Waals surface area contributed by atoms with Crippen molar-refractivity contribution in [3.8, 4) is 17.2 Å². The molecule has 0 saturated heterocycles. The number of methoxy groups -OCH3 is 3. The Kier molecular flexibility index (Phi) is 8.09. The van der Waals surface area contributed by atoms with Crippen molar-refractivity contribution in [3.63, 3.8) is 0 Å². The van der Waals surface area contributed by atoms with Gasteiger partial charge in [0.2, 0.25) is 0 Å². The number of rotatable bonds is 9. The number of hydrogen-bond acceptors (Lipinski definition) is 6. The molecule has 1 N–H and O–H groups in total. The molecule has 0 bridgehead atoms. The second-order valence-corrected chi connectivity index (χ2v) is 6.09. The zero-order valence-corrected chi connectivity index (χ0v) is 17.0. The summed E-state index contributed by atoms with van der Waals surface area (Å²) in [5.74, 6) is 0.487. The Morgan fingerprint density at radius 1 is 0.966 bits per heavy atom. The molecule has 1 amide bonds. The van der Waals surface area contributed by atoms with E-state index in [-0.39, 0.29) is 12.5 Å². The van der Waals surface area contributed by atoms with Gasteiger partial charge in [0.05, 0.1) is 21.3 Å². The molecule has 0 fully saturated rings. The smallest absolute Gasteiger partial charge is 0.331 e. The molecule has 0 unspecified atom stereocenters. The molecule has 0 radical (unpaired) electrons. The average Bonchev–Trinajstić information content (AvgIpc) is 2.74. The minimum atomic E-state index is -0.645. The lowest BCUT2D eigenvalue weighted by Crippen LogP contribution is -2.28. The Morgan fingerprint density at radius 2 is 1.62 bits per heavy atom. The molecule has 0 heterocycles. The maximum atomic E-state index is 11.9. The van der Waals surface area contributed by atoms with E-state index in [1.807, 2.05) is 31.2 Å². The Balaban J connectivity index is 1.91. The van der Waals surface area contributed by atoms with Crippen LogP contribution in [-0.4, -0.2) is 39.8 Å². The topological polar surface area (TPSA) is 83.1 Å². The molecular weight excluding hydrogens is 374 g/mol. The minimum absolute atomic E-state index is 0.363. The predicted octanol–water partition coefficient (Wildman–Crippen LogP) is 2.89. The van der Waals surface area contributed by atoms with Crippen molar-refractivity contribution >= 4 is 18.0 Å². The van der Waals surface area contributed by atoms with Crippen LogP contribution in [0.25, 0.3) is 6.08 Å². The Bertz CT molecular complexity index is 891. The first-order valence-corrected chi connectivity index (χ1v) is 8.94. The molecule has 29 heavy (non-hydrogen) atoms. The summed E-state index contributed by atoms with van der Waals surface area (Å²) in [6.45, 7) is 1.98. The number of carbonyl (C=O) groups is 2. The molecule has 2 aromatic carbocycles. The van der Waals surface area contributed by atoms with Crippen LogP contribution in [0.3, 0.4) is 0 Å². The van der Waals surface area contributed by atoms with Crippen LogP contribution >= 0.6 is 0 Å². The van der Waals surface area contributed by atoms with Gasteiger partial charge in [-0.25, -0.2) is 4.79 Å². The maximum absolute atomic E-state index is 11.9. The summed E-state index contributed by atoms with van der Waals surface area (Å²) in [5.41, 5.74) is 2.69. The summed E-state index contributed by atoms with van der Waals surface area (Å²) in [7, 11) is 4.55. The molecule has 7 nitrogen and oxygen atoms in total. The third-order valence-corrected chi connectivity index (χ3v) is 4.22. The summed E-state index contributed by atoms with van der Waals surface area (Å²) in [6, 6.07) is 11.1. The number of esters is 1. The van der Waals surface area contributed by atoms with E-state index >= 15 is 0 Å². The average molecular weight is 399 g/mol. The summed E-state index contributed by atoms with van der Waals surface area (Å²) in [5, 5.41) is 2.72. The fraction of sp³-hybridized carbons (Fsp3) is 0.273. The van der Waals surface area contributed by atoms with Gasteiger partial charge in [-0.05, 0) is 30.2 Å². The molecule has 7 heteroatoms. The lowest BCUT2D eigenvalue weighted by atomic mass is 10.1. The number of hydrogen-bond donors (Lipinski definition) is 1. The zero-order valence-electron chi connectivity index (χ0n) is 17.0. The number of ether oxygens (including phenoxy) is 4. The van der Waals surface area contributed by atoms with Gasteiger partial charge in [0, 0.05) is 24.3 Å². The molecule has 154 valence electrons. The molecule has 2 aromatic rings. The molecule has 0 aliphatic heterocycles. The van der Waals surface area contributed by atoms with Crippen molar-refractivity contribution in [2.45, 2.75) is 13.5 Å². The standard InChI is InChI=1S/C22H25NO6/c1-15-7-5-6-8-17(15)13-23-21(24)14-29-22(25)10-9-16-11-19(27-3)20(28-4)12-18(16)26-2/h5-12H,13-14H2,1-4H3,(H,23,24)/b10-9+. The van der Waals surface area contributed by atoms with Crippen molar-refractivity contribution < 1.29 is 28.5 Å². The molecule has 0 aromatic heterocycles. The zero-order chi connectivity index (χ0) is 21.2. The van der Waals surface area contributed by atoms with Crippen LogP contribution in [-0.2, 0) is 20.9 Å². The van der Waals surface area contributed by atoms with Crippen molar-refractivity contribution in [2.75, 3.05) is 27.9 Å². The van der Waals surface area contributed by atoms with Crippen LogP contribution in [0.5, 0.6) is 17.2 Å². The highest BCUT2D eigenvalue weighted by Crippen LogP contribution is 2.35. The highest BCUT2D eigenvalue weighted by Gasteiger charge is 2.11. The lowest BCUT2D eigenvalue weighted by Gasteiger charge is -2.12. The molecule has 0 aliphatic rings. The molecule has 0 aliphatic carbocycles. The largest absolute Gasteiger partial charge is 0.496 e. The molecular formula is C22H25NO6. The molecule has 0 atom stereocenters. The van der Waals surface area contributed by atoms with Crippen LogP contribution in [0.15, 0.2) is 42.5 Å². The van der Waals surface area contributed by atoms with E-state index in [9.17, 15) is 9.59 Å². The van der Waals surface area contributed by atoms with Crippen molar-refractivity contribution in [1.29, 1.82) is 0 Å². The number of carbonyl (C=O) groups excluding carboxylic acids is 2. The van der Waals surface area contributed by atoms with Gasteiger partial charge in [0.15, 0.2) is 18.1 Å². The van der Waals surface area contributed by atoms with E-state index in [0.29, 0.717) is 29.4 Å². The lowest BCUT2D eigenvalue weighted by molar-refractivity contribution is -0.143. The van der Waals surface area contributed by atoms with E-state index in [1.165, 1.54) is 33.5 Å². The summed E-state index contributed by atoms with van der Waals surface area (Å²) >= 11 is 0. The monoisotopic (exact) mass is 399 g/mol. The third-order valence-electron chi connectivity index (χ3n) is 4.22. The minimum Gasteiger partial charge on any atom is -0.496 e. The first kappa shape index (κ1) is 21.8. The highest BCUT2D eigenvalue weighted by atomic mass is 16.5. The van der Waals surface area contributed by atoms with Crippen molar-refractivity contribution in [3.05, 3.63) is 59.2 Å². The quantitative estimate of drug-likeness (QED) is 0.516. The van der Waals surface area contributed by atoms with Gasteiger partial charge in [-0.3, -0.25) is 4.79 Å². The summed E-state index contributed by atoms with van der Waals surface area (Å²) < 4.78 is 20.8. The number of nitrogens with one attached hydrogen (secondary N) is 1. The van der Waals surface area contributed by atoms with Crippen molar-refractivity contribution in [2.24, 2.45) is 0 Å². The first-order chi connectivity index (χ1) is 14.0. The van der Waals surface area contributed by atoms with E-state index < -0.39 is 5.97 Å². The fourth-order valence-corrected chi connectivity index (χ4v) is 2.58. The summed E-state index contributed by atoms with van der Waals surface area (Å²) in [6.07, 6.45) is 2.74. The third kappa shape index (κ3) is 6.27. The SMILES string of the molecule is COc1cc(OC)c(OC)cc1/C=C/C(=O)OCC(=O)NCc1ccccc1C. The van der Waals surface area contributed by atoms with Crippen LogP contribution in [0.1, 0.15) is 16.7 Å². The number of benzene rings is 2. The van der Waals surface area contributed by atoms with Crippen LogP contribution in [0.2, 0.25) is 0 Å². The van der Waals surface area contributed by atoms with Gasteiger partial charge in [-0.2, -0.15) is 0 Å². The van der Waals surface area contributed by atoms with Gasteiger partial charge < -0.3 is 24.3 Å². The summed E-state index contributed by atoms with van der Waals surface area (Å²) in [4.78, 5) is 23.8. The van der Waals surface area contributed by atoms with E-state index in [4.69, 9.17) is 18.9 Å². The fourth-order valence-electron chi connectivity index (χ4n) is 2.58. The molecule has 0 spiro atoms. The predicted molar refractivity (Wildman–Crippen MR) is 109 cm³/mol. The second-order valence-electron chi connectivity index (χ2n) is 6.09. The normalized spacial score (nSPS) is 10.5. The Morgan fingerprint density at radius 3 is 2.28 bits per heavy atom. The van der Waals surface area contributed by atoms with Crippen molar-refractivity contribution in [1.82, 2.24) is 5.32 Å². The van der Waals surface area contributed by atoms with Crippen LogP contribution in [0, 0.1) is 6.92 Å². The van der Waals surface area contributed by atoms with Gasteiger partial charge in [0.25, 0.3) is 5.91 Å². The van der Waals surface area contributed by atoms with E-state index in [0.717, 1.165) is 11.1 Å². The Hall–Kier alpha value is -3.48. The first-order valence-electron chi connectivity index (χ1n) is 8.94. The van der Waals surface area contributed by atoms with Gasteiger partial charge >= 0.3 is 5.97 Å². The van der Waals surface area contributed by atoms with Crippen LogP contribution in [0.4, 0.5) is 0 Å². The second kappa shape index (κ2) is 10.8. The van der Waals surface area contributed by atoms with Crippen LogP contribution < -0.4 is 19.5 Å². The van der Waals surface area contributed by atoms with E-state index in [1.54, 1.807) is 12.1 Å². The van der Waals surface area contributed by atoms with Gasteiger partial charge in [0.1, 0.15) is 5.75 Å². The number of amides is 1. The highest BCUT2D eigenvalue weighted by molar-refractivity contribution is 5.89. The molecule has 0 saturated carbocycles. The van der Waals surface area contributed by atoms with Gasteiger partial charge in [-0.1, -0.05) is 24.3 Å². The Labute approximate surface area is 170 Å².